The Kier molecular flexibility index (Phi) is 4.26. The average Bonchev–Trinajstić information content (AvgIpc) is 2.68. The number of aliphatic carboxylic acids is 1. The van der Waals surface area contributed by atoms with E-state index in [0.29, 0.717) is 12.3 Å². The molecule has 1 aromatic heterocycles. The van der Waals surface area contributed by atoms with Gasteiger partial charge in [-0.1, -0.05) is 30.3 Å². The number of β-lactam (4-membered cyclic amide) rings is 1. The number of thioether (sulfide) groups is 1. The third-order valence-corrected chi connectivity index (χ3v) is 6.02. The van der Waals surface area contributed by atoms with Gasteiger partial charge in [0.1, 0.15) is 17.1 Å². The minimum atomic E-state index is -1.08. The van der Waals surface area contributed by atoms with Crippen LogP contribution in [0.2, 0.25) is 0 Å². The van der Waals surface area contributed by atoms with Gasteiger partial charge in [0.15, 0.2) is 18.9 Å². The molecule has 7 heteroatoms. The van der Waals surface area contributed by atoms with Crippen LogP contribution < -0.4 is 10.3 Å². The lowest BCUT2D eigenvalue weighted by atomic mass is 10.0. The topological polar surface area (TPSA) is 87.5 Å². The molecule has 2 unspecified atom stereocenters. The Morgan fingerprint density at radius 1 is 1.19 bits per heavy atom. The van der Waals surface area contributed by atoms with Crippen LogP contribution in [0.1, 0.15) is 0 Å². The molecule has 0 radical (unpaired) electrons. The first kappa shape index (κ1) is 16.8. The van der Waals surface area contributed by atoms with E-state index in [1.807, 2.05) is 59.4 Å². The van der Waals surface area contributed by atoms with Gasteiger partial charge in [-0.2, -0.15) is 0 Å². The zero-order valence-electron chi connectivity index (χ0n) is 13.9. The van der Waals surface area contributed by atoms with E-state index in [2.05, 4.69) is 0 Å². The number of benzene rings is 1. The lowest BCUT2D eigenvalue weighted by Gasteiger charge is -2.47. The summed E-state index contributed by atoms with van der Waals surface area (Å²) in [5, 5.41) is 9.33. The third-order valence-electron chi connectivity index (χ3n) is 4.66. The third kappa shape index (κ3) is 2.79. The quantitative estimate of drug-likeness (QED) is 0.626. The number of nitrogens with zero attached hydrogens (tertiary/aromatic N) is 2. The highest BCUT2D eigenvalue weighted by molar-refractivity contribution is 8.00. The number of carboxylic acid groups (broad SMARTS) is 1. The first-order chi connectivity index (χ1) is 12.6. The fourth-order valence-electron chi connectivity index (χ4n) is 3.31. The Bertz CT molecular complexity index is 896. The number of hydrogen-bond donors (Lipinski definition) is 2. The molecule has 3 N–H and O–H groups in total. The van der Waals surface area contributed by atoms with Gasteiger partial charge in [0.25, 0.3) is 0 Å². The van der Waals surface area contributed by atoms with Crippen molar-refractivity contribution in [3.05, 3.63) is 66.1 Å². The molecule has 0 bridgehead atoms. The van der Waals surface area contributed by atoms with Crippen molar-refractivity contribution in [1.82, 2.24) is 4.90 Å². The summed E-state index contributed by atoms with van der Waals surface area (Å²) in [7, 11) is 0. The zero-order chi connectivity index (χ0) is 18.3. The normalized spacial score (nSPS) is 22.0. The van der Waals surface area contributed by atoms with Gasteiger partial charge in [0, 0.05) is 23.5 Å². The average molecular weight is 368 g/mol. The van der Waals surface area contributed by atoms with Crippen molar-refractivity contribution in [2.45, 2.75) is 18.0 Å². The van der Waals surface area contributed by atoms with Gasteiger partial charge in [-0.25, -0.2) is 9.36 Å². The maximum Gasteiger partial charge on any atom is 0.352 e. The van der Waals surface area contributed by atoms with Crippen molar-refractivity contribution in [2.75, 3.05) is 5.75 Å². The highest BCUT2D eigenvalue weighted by Gasteiger charge is 2.52. The first-order valence-corrected chi connectivity index (χ1v) is 9.31. The summed E-state index contributed by atoms with van der Waals surface area (Å²) < 4.78 is 1.93. The fraction of sp³-hybridized carbons (Fsp3) is 0.211. The lowest BCUT2D eigenvalue weighted by molar-refractivity contribution is -0.689. The predicted molar refractivity (Wildman–Crippen MR) is 97.8 cm³/mol. The van der Waals surface area contributed by atoms with Crippen molar-refractivity contribution in [1.29, 1.82) is 0 Å². The number of pyridine rings is 1. The smallest absolute Gasteiger partial charge is 0.352 e. The summed E-state index contributed by atoms with van der Waals surface area (Å²) >= 11 is 1.52. The van der Waals surface area contributed by atoms with Crippen LogP contribution in [0.4, 0.5) is 0 Å². The highest BCUT2D eigenvalue weighted by atomic mass is 32.2. The minimum Gasteiger partial charge on any atom is -0.477 e. The van der Waals surface area contributed by atoms with E-state index in [4.69, 9.17) is 5.73 Å². The number of rotatable bonds is 4. The van der Waals surface area contributed by atoms with Crippen molar-refractivity contribution in [3.8, 4) is 11.1 Å². The van der Waals surface area contributed by atoms with E-state index in [-0.39, 0.29) is 17.0 Å². The molecular weight excluding hydrogens is 350 g/mol. The molecule has 0 spiro atoms. The van der Waals surface area contributed by atoms with Crippen LogP contribution in [0.15, 0.2) is 66.1 Å². The molecule has 3 heterocycles. The van der Waals surface area contributed by atoms with E-state index in [9.17, 15) is 14.7 Å². The Morgan fingerprint density at radius 2 is 1.85 bits per heavy atom. The number of amides is 1. The van der Waals surface area contributed by atoms with Crippen LogP contribution in [0.5, 0.6) is 0 Å². The monoisotopic (exact) mass is 368 g/mol. The maximum absolute atomic E-state index is 12.0. The number of carboxylic acids is 1. The van der Waals surface area contributed by atoms with Gasteiger partial charge in [-0.15, -0.1) is 11.8 Å². The van der Waals surface area contributed by atoms with Gasteiger partial charge in [-0.05, 0) is 11.1 Å². The number of fused-ring (bicyclic) bond motifs is 1. The molecule has 0 saturated carbocycles. The van der Waals surface area contributed by atoms with Crippen LogP contribution >= 0.6 is 11.8 Å². The number of hydrogen-bond acceptors (Lipinski definition) is 4. The van der Waals surface area contributed by atoms with Crippen molar-refractivity contribution in [3.63, 3.8) is 0 Å². The highest BCUT2D eigenvalue weighted by Crippen LogP contribution is 2.39. The largest absolute Gasteiger partial charge is 0.477 e. The summed E-state index contributed by atoms with van der Waals surface area (Å²) in [6.45, 7) is 0.426. The molecule has 1 saturated heterocycles. The summed E-state index contributed by atoms with van der Waals surface area (Å²) in [5.41, 5.74) is 8.80. The SMILES string of the molecule is NC1C(=O)N2C(C(=O)O)=C(C[n+]3ccc(-c4ccccc4)cc3)CSC12. The van der Waals surface area contributed by atoms with E-state index in [0.717, 1.165) is 16.7 Å². The molecule has 0 aliphatic carbocycles. The molecule has 26 heavy (non-hydrogen) atoms. The predicted octanol–water partition coefficient (Wildman–Crippen LogP) is 1.22. The van der Waals surface area contributed by atoms with Crippen LogP contribution in [-0.4, -0.2) is 39.1 Å². The molecule has 1 aromatic carbocycles. The number of carbonyl (C=O) groups excluding carboxylic acids is 1. The van der Waals surface area contributed by atoms with Crippen molar-refractivity contribution >= 4 is 23.6 Å². The van der Waals surface area contributed by atoms with Gasteiger partial charge in [0.05, 0.1) is 0 Å². The number of nitrogens with two attached hydrogens (primary N) is 1. The van der Waals surface area contributed by atoms with Crippen molar-refractivity contribution in [2.24, 2.45) is 5.73 Å². The summed E-state index contributed by atoms with van der Waals surface area (Å²) in [6, 6.07) is 13.4. The van der Waals surface area contributed by atoms with Gasteiger partial charge >= 0.3 is 5.97 Å². The van der Waals surface area contributed by atoms with Crippen molar-refractivity contribution < 1.29 is 19.3 Å². The molecule has 132 valence electrons. The second-order valence-electron chi connectivity index (χ2n) is 6.32. The number of aromatic nitrogens is 1. The summed E-state index contributed by atoms with van der Waals surface area (Å²) in [6.07, 6.45) is 3.85. The van der Waals surface area contributed by atoms with E-state index in [1.165, 1.54) is 16.7 Å². The van der Waals surface area contributed by atoms with Gasteiger partial charge in [-0.3, -0.25) is 9.69 Å². The second-order valence-corrected chi connectivity index (χ2v) is 7.42. The molecular formula is C19H18N3O3S+. The Morgan fingerprint density at radius 3 is 2.50 bits per heavy atom. The zero-order valence-corrected chi connectivity index (χ0v) is 14.7. The second kappa shape index (κ2) is 6.59. The standard InChI is InChI=1S/C19H17N3O3S/c20-15-17(23)22-16(19(24)25)14(11-26-18(15)22)10-21-8-6-13(7-9-21)12-4-2-1-3-5-12/h1-9,15,18H,10-11,20H2/p+1. The number of carbonyl (C=O) groups is 2. The maximum atomic E-state index is 12.0. The molecule has 2 aliphatic heterocycles. The molecule has 4 rings (SSSR count). The first-order valence-electron chi connectivity index (χ1n) is 8.26. The van der Waals surface area contributed by atoms with Crippen LogP contribution in [0.25, 0.3) is 11.1 Å². The summed E-state index contributed by atoms with van der Waals surface area (Å²) in [5.74, 6) is -0.842. The molecule has 1 amide bonds. The fourth-order valence-corrected chi connectivity index (χ4v) is 4.59. The van der Waals surface area contributed by atoms with Crippen LogP contribution in [-0.2, 0) is 16.1 Å². The lowest BCUT2D eigenvalue weighted by Crippen LogP contribution is -2.68. The molecule has 2 aliphatic rings. The Hall–Kier alpha value is -2.64. The molecule has 2 aromatic rings. The van der Waals surface area contributed by atoms with E-state index < -0.39 is 12.0 Å². The molecule has 6 nitrogen and oxygen atoms in total. The van der Waals surface area contributed by atoms with E-state index >= 15 is 0 Å². The van der Waals surface area contributed by atoms with E-state index in [1.54, 1.807) is 0 Å². The van der Waals surface area contributed by atoms with Crippen LogP contribution in [0.3, 0.4) is 0 Å². The summed E-state index contributed by atoms with van der Waals surface area (Å²) in [4.78, 5) is 25.0. The minimum absolute atomic E-state index is 0.0834. The van der Waals surface area contributed by atoms with Gasteiger partial charge < -0.3 is 10.8 Å². The molecule has 2 atom stereocenters. The Labute approximate surface area is 154 Å². The van der Waals surface area contributed by atoms with Crippen LogP contribution in [0, 0.1) is 0 Å². The molecule has 1 fully saturated rings. The Balaban J connectivity index is 1.59. The van der Waals surface area contributed by atoms with Gasteiger partial charge in [0.2, 0.25) is 5.91 Å².